The van der Waals surface area contributed by atoms with E-state index < -0.39 is 5.91 Å². The molecule has 5 heteroatoms. The number of carbonyl (C=O) groups excluding carboxylic acids is 2. The van der Waals surface area contributed by atoms with Crippen LogP contribution in [0, 0.1) is 0 Å². The molecule has 0 heterocycles. The Labute approximate surface area is 96.5 Å². The molecule has 0 unspecified atom stereocenters. The van der Waals surface area contributed by atoms with Crippen molar-refractivity contribution in [2.24, 2.45) is 5.73 Å². The minimum atomic E-state index is -0.677. The number of hydrogen-bond donors (Lipinski definition) is 1. The fourth-order valence-corrected chi connectivity index (χ4v) is 1.20. The van der Waals surface area contributed by atoms with Crippen molar-refractivity contribution in [3.8, 4) is 0 Å². The Hall–Kier alpha value is -1.32. The highest BCUT2D eigenvalue weighted by Gasteiger charge is 2.05. The molecule has 78 valence electrons. The van der Waals surface area contributed by atoms with E-state index in [0.717, 1.165) is 12.2 Å². The molecule has 0 saturated heterocycles. The molecule has 1 aromatic carbocycles. The molecule has 0 fully saturated rings. The van der Waals surface area contributed by atoms with Crippen LogP contribution in [-0.2, 0) is 4.79 Å². The van der Waals surface area contributed by atoms with Crippen LogP contribution >= 0.6 is 23.2 Å². The van der Waals surface area contributed by atoms with Crippen molar-refractivity contribution in [3.63, 3.8) is 0 Å². The molecule has 15 heavy (non-hydrogen) atoms. The largest absolute Gasteiger partial charge is 0.366 e. The molecule has 0 bridgehead atoms. The second-order valence-corrected chi connectivity index (χ2v) is 3.54. The normalized spacial score (nSPS) is 10.5. The number of allylic oxidation sites excluding steroid dienone is 1. The van der Waals surface area contributed by atoms with Gasteiger partial charge in [0.05, 0.1) is 10.0 Å². The van der Waals surface area contributed by atoms with Crippen LogP contribution in [0.1, 0.15) is 10.4 Å². The molecule has 0 aromatic heterocycles. The summed E-state index contributed by atoms with van der Waals surface area (Å²) in [5, 5.41) is 0.655. The van der Waals surface area contributed by atoms with Gasteiger partial charge in [-0.05, 0) is 24.3 Å². The van der Waals surface area contributed by atoms with Gasteiger partial charge in [-0.3, -0.25) is 9.59 Å². The minimum absolute atomic E-state index is 0.287. The van der Waals surface area contributed by atoms with Gasteiger partial charge < -0.3 is 5.73 Å². The first-order valence-corrected chi connectivity index (χ1v) is 4.73. The number of benzene rings is 1. The molecule has 1 amide bonds. The van der Waals surface area contributed by atoms with Gasteiger partial charge in [0.25, 0.3) is 0 Å². The third-order valence-electron chi connectivity index (χ3n) is 1.60. The van der Waals surface area contributed by atoms with Crippen molar-refractivity contribution in [2.45, 2.75) is 0 Å². The van der Waals surface area contributed by atoms with Gasteiger partial charge in [-0.2, -0.15) is 0 Å². The predicted octanol–water partition coefficient (Wildman–Crippen LogP) is 2.22. The number of primary amides is 1. The fourth-order valence-electron chi connectivity index (χ4n) is 0.903. The van der Waals surface area contributed by atoms with E-state index in [1.54, 1.807) is 0 Å². The maximum atomic E-state index is 11.4. The highest BCUT2D eigenvalue weighted by Crippen LogP contribution is 2.22. The minimum Gasteiger partial charge on any atom is -0.366 e. The van der Waals surface area contributed by atoms with Crippen LogP contribution < -0.4 is 5.73 Å². The van der Waals surface area contributed by atoms with Crippen LogP contribution in [0.25, 0.3) is 0 Å². The smallest absolute Gasteiger partial charge is 0.241 e. The van der Waals surface area contributed by atoms with Gasteiger partial charge in [0.1, 0.15) is 0 Å². The number of halogens is 2. The van der Waals surface area contributed by atoms with Gasteiger partial charge in [-0.15, -0.1) is 0 Å². The topological polar surface area (TPSA) is 60.2 Å². The zero-order chi connectivity index (χ0) is 11.4. The number of nitrogens with two attached hydrogens (primary N) is 1. The average molecular weight is 244 g/mol. The Morgan fingerprint density at radius 3 is 2.33 bits per heavy atom. The third kappa shape index (κ3) is 3.38. The summed E-state index contributed by atoms with van der Waals surface area (Å²) in [6, 6.07) is 4.45. The Morgan fingerprint density at radius 2 is 1.80 bits per heavy atom. The molecule has 1 rings (SSSR count). The molecular weight excluding hydrogens is 237 g/mol. The molecule has 1 aromatic rings. The van der Waals surface area contributed by atoms with E-state index in [1.807, 2.05) is 0 Å². The monoisotopic (exact) mass is 243 g/mol. The van der Waals surface area contributed by atoms with Gasteiger partial charge in [0, 0.05) is 11.6 Å². The first kappa shape index (κ1) is 11.8. The molecule has 0 aliphatic rings. The van der Waals surface area contributed by atoms with E-state index in [9.17, 15) is 9.59 Å². The van der Waals surface area contributed by atoms with E-state index in [2.05, 4.69) is 0 Å². The molecule has 0 aliphatic heterocycles. The van der Waals surface area contributed by atoms with E-state index in [1.165, 1.54) is 18.2 Å². The van der Waals surface area contributed by atoms with Gasteiger partial charge in [-0.1, -0.05) is 23.2 Å². The Morgan fingerprint density at radius 1 is 1.13 bits per heavy atom. The van der Waals surface area contributed by atoms with E-state index >= 15 is 0 Å². The highest BCUT2D eigenvalue weighted by atomic mass is 35.5. The van der Waals surface area contributed by atoms with Crippen LogP contribution in [0.4, 0.5) is 0 Å². The number of amides is 1. The molecule has 0 saturated carbocycles. The SMILES string of the molecule is NC(=O)C=CC(=O)c1ccc(Cl)c(Cl)c1. The summed E-state index contributed by atoms with van der Waals surface area (Å²) in [7, 11) is 0. The van der Waals surface area contributed by atoms with Crippen molar-refractivity contribution in [3.05, 3.63) is 46.0 Å². The summed E-state index contributed by atoms with van der Waals surface area (Å²) in [4.78, 5) is 21.8. The van der Waals surface area contributed by atoms with Crippen LogP contribution in [0.5, 0.6) is 0 Å². The van der Waals surface area contributed by atoms with Crippen molar-refractivity contribution < 1.29 is 9.59 Å². The van der Waals surface area contributed by atoms with E-state index in [0.29, 0.717) is 10.6 Å². The molecule has 0 radical (unpaired) electrons. The quantitative estimate of drug-likeness (QED) is 0.654. The maximum absolute atomic E-state index is 11.4. The van der Waals surface area contributed by atoms with Gasteiger partial charge in [-0.25, -0.2) is 0 Å². The zero-order valence-electron chi connectivity index (χ0n) is 7.54. The first-order chi connectivity index (χ1) is 7.00. The lowest BCUT2D eigenvalue weighted by atomic mass is 10.1. The average Bonchev–Trinajstić information content (AvgIpc) is 2.18. The van der Waals surface area contributed by atoms with Crippen LogP contribution in [0.2, 0.25) is 10.0 Å². The number of ketones is 1. The molecule has 0 aliphatic carbocycles. The third-order valence-corrected chi connectivity index (χ3v) is 2.34. The van der Waals surface area contributed by atoms with Gasteiger partial charge in [0.15, 0.2) is 5.78 Å². The standard InChI is InChI=1S/C10H7Cl2NO2/c11-7-2-1-6(5-8(7)12)9(14)3-4-10(13)15/h1-5H,(H2,13,15). The van der Waals surface area contributed by atoms with Gasteiger partial charge >= 0.3 is 0 Å². The zero-order valence-corrected chi connectivity index (χ0v) is 9.05. The van der Waals surface area contributed by atoms with Crippen molar-refractivity contribution in [1.82, 2.24) is 0 Å². The Kier molecular flexibility index (Phi) is 3.88. The van der Waals surface area contributed by atoms with Crippen molar-refractivity contribution in [1.29, 1.82) is 0 Å². The van der Waals surface area contributed by atoms with Crippen LogP contribution in [0.15, 0.2) is 30.4 Å². The predicted molar refractivity (Wildman–Crippen MR) is 59.1 cm³/mol. The molecular formula is C10H7Cl2NO2. The van der Waals surface area contributed by atoms with E-state index in [-0.39, 0.29) is 10.8 Å². The number of carbonyl (C=O) groups is 2. The Bertz CT molecular complexity index is 441. The summed E-state index contributed by atoms with van der Waals surface area (Å²) in [5.74, 6) is -1.03. The van der Waals surface area contributed by atoms with E-state index in [4.69, 9.17) is 28.9 Å². The molecule has 0 atom stereocenters. The van der Waals surface area contributed by atoms with Crippen LogP contribution in [0.3, 0.4) is 0 Å². The number of rotatable bonds is 3. The summed E-state index contributed by atoms with van der Waals surface area (Å²) in [5.41, 5.74) is 5.20. The van der Waals surface area contributed by atoms with Crippen molar-refractivity contribution >= 4 is 34.9 Å². The number of hydrogen-bond acceptors (Lipinski definition) is 2. The summed E-state index contributed by atoms with van der Waals surface area (Å²) >= 11 is 11.4. The summed E-state index contributed by atoms with van der Waals surface area (Å²) in [6.07, 6.45) is 2.08. The van der Waals surface area contributed by atoms with Gasteiger partial charge in [0.2, 0.25) is 5.91 Å². The Balaban J connectivity index is 2.92. The lowest BCUT2D eigenvalue weighted by molar-refractivity contribution is -0.113. The summed E-state index contributed by atoms with van der Waals surface area (Å²) < 4.78 is 0. The fraction of sp³-hybridized carbons (Fsp3) is 0. The van der Waals surface area contributed by atoms with Crippen molar-refractivity contribution in [2.75, 3.05) is 0 Å². The molecule has 3 nitrogen and oxygen atoms in total. The summed E-state index contributed by atoms with van der Waals surface area (Å²) in [6.45, 7) is 0. The second kappa shape index (κ2) is 4.96. The van der Waals surface area contributed by atoms with Crippen LogP contribution in [-0.4, -0.2) is 11.7 Å². The maximum Gasteiger partial charge on any atom is 0.241 e. The molecule has 0 spiro atoms. The molecule has 2 N–H and O–H groups in total. The highest BCUT2D eigenvalue weighted by molar-refractivity contribution is 6.42. The second-order valence-electron chi connectivity index (χ2n) is 2.73. The lowest BCUT2D eigenvalue weighted by Gasteiger charge is -1.98. The lowest BCUT2D eigenvalue weighted by Crippen LogP contribution is -2.07. The first-order valence-electron chi connectivity index (χ1n) is 3.97.